The van der Waals surface area contributed by atoms with E-state index in [-0.39, 0.29) is 6.04 Å². The summed E-state index contributed by atoms with van der Waals surface area (Å²) < 4.78 is 1.17. The molecule has 1 aromatic carbocycles. The first-order chi connectivity index (χ1) is 10.0. The van der Waals surface area contributed by atoms with E-state index in [1.165, 1.54) is 10.0 Å². The minimum Gasteiger partial charge on any atom is -0.326 e. The second-order valence-corrected chi connectivity index (χ2v) is 7.06. The predicted octanol–water partition coefficient (Wildman–Crippen LogP) is 3.25. The Morgan fingerprint density at radius 1 is 1.10 bits per heavy atom. The maximum absolute atomic E-state index is 6.47. The number of hydrogen-bond acceptors (Lipinski definition) is 3. The van der Waals surface area contributed by atoms with E-state index >= 15 is 0 Å². The third-order valence-corrected chi connectivity index (χ3v) is 5.30. The van der Waals surface area contributed by atoms with Gasteiger partial charge in [0.15, 0.2) is 0 Å². The predicted molar refractivity (Wildman–Crippen MR) is 93.4 cm³/mol. The second kappa shape index (κ2) is 7.73. The summed E-state index contributed by atoms with van der Waals surface area (Å²) in [6.45, 7) is 11.2. The van der Waals surface area contributed by atoms with Crippen LogP contribution >= 0.6 is 15.9 Å². The molecule has 0 bridgehead atoms. The van der Waals surface area contributed by atoms with Crippen molar-refractivity contribution in [3.63, 3.8) is 0 Å². The van der Waals surface area contributed by atoms with Gasteiger partial charge >= 0.3 is 0 Å². The molecule has 1 heterocycles. The van der Waals surface area contributed by atoms with Crippen LogP contribution in [-0.2, 0) is 0 Å². The van der Waals surface area contributed by atoms with Gasteiger partial charge in [-0.25, -0.2) is 0 Å². The summed E-state index contributed by atoms with van der Waals surface area (Å²) in [5, 5.41) is 0. The maximum atomic E-state index is 6.47. The van der Waals surface area contributed by atoms with Crippen molar-refractivity contribution < 1.29 is 0 Å². The Morgan fingerprint density at radius 3 is 2.19 bits per heavy atom. The molecular weight excluding hydrogens is 326 g/mol. The van der Waals surface area contributed by atoms with Crippen molar-refractivity contribution in [2.75, 3.05) is 26.2 Å². The van der Waals surface area contributed by atoms with Crippen LogP contribution in [0.5, 0.6) is 0 Å². The standard InChI is InChI=1S/C17H28BrN3/c1-4-16(19)17(14-7-5-6-8-15(14)18)21-11-9-20(10-12-21)13(2)3/h5-8,13,16-17H,4,9-12,19H2,1-3H3. The Labute approximate surface area is 137 Å². The molecule has 3 nitrogen and oxygen atoms in total. The Kier molecular flexibility index (Phi) is 6.23. The zero-order chi connectivity index (χ0) is 15.4. The fourth-order valence-corrected chi connectivity index (χ4v) is 3.69. The summed E-state index contributed by atoms with van der Waals surface area (Å²) in [5.74, 6) is 0. The van der Waals surface area contributed by atoms with E-state index < -0.39 is 0 Å². The fourth-order valence-electron chi connectivity index (χ4n) is 3.17. The van der Waals surface area contributed by atoms with Gasteiger partial charge in [-0.05, 0) is 31.9 Å². The molecule has 2 N–H and O–H groups in total. The first-order valence-electron chi connectivity index (χ1n) is 8.02. The summed E-state index contributed by atoms with van der Waals surface area (Å²) in [6, 6.07) is 9.62. The van der Waals surface area contributed by atoms with Crippen molar-refractivity contribution in [3.8, 4) is 0 Å². The number of halogens is 1. The lowest BCUT2D eigenvalue weighted by atomic mass is 9.95. The number of hydrogen-bond donors (Lipinski definition) is 1. The van der Waals surface area contributed by atoms with E-state index in [0.717, 1.165) is 32.6 Å². The molecule has 1 aliphatic rings. The third-order valence-electron chi connectivity index (χ3n) is 4.57. The lowest BCUT2D eigenvalue weighted by Gasteiger charge is -2.43. The fraction of sp³-hybridized carbons (Fsp3) is 0.647. The number of nitrogens with two attached hydrogens (primary N) is 1. The Hall–Kier alpha value is -0.420. The number of benzene rings is 1. The van der Waals surface area contributed by atoms with Crippen LogP contribution < -0.4 is 5.73 Å². The molecule has 0 aliphatic carbocycles. The van der Waals surface area contributed by atoms with Gasteiger partial charge in [0, 0.05) is 42.7 Å². The van der Waals surface area contributed by atoms with Crippen LogP contribution in [0, 0.1) is 0 Å². The van der Waals surface area contributed by atoms with Gasteiger partial charge in [0.25, 0.3) is 0 Å². The normalized spacial score (nSPS) is 20.7. The molecule has 21 heavy (non-hydrogen) atoms. The molecule has 1 aliphatic heterocycles. The molecule has 1 fully saturated rings. The maximum Gasteiger partial charge on any atom is 0.0511 e. The highest BCUT2D eigenvalue weighted by Gasteiger charge is 2.30. The van der Waals surface area contributed by atoms with E-state index in [1.807, 2.05) is 0 Å². The van der Waals surface area contributed by atoms with Gasteiger partial charge in [0.2, 0.25) is 0 Å². The van der Waals surface area contributed by atoms with E-state index in [0.29, 0.717) is 12.1 Å². The summed E-state index contributed by atoms with van der Waals surface area (Å²) >= 11 is 3.70. The van der Waals surface area contributed by atoms with Crippen LogP contribution in [0.1, 0.15) is 38.8 Å². The molecule has 0 aromatic heterocycles. The highest BCUT2D eigenvalue weighted by molar-refractivity contribution is 9.10. The van der Waals surface area contributed by atoms with Crippen LogP contribution in [0.15, 0.2) is 28.7 Å². The molecule has 1 saturated heterocycles. The highest BCUT2D eigenvalue weighted by Crippen LogP contribution is 2.31. The number of rotatable bonds is 5. The van der Waals surface area contributed by atoms with Gasteiger partial charge in [-0.2, -0.15) is 0 Å². The van der Waals surface area contributed by atoms with Crippen molar-refractivity contribution in [2.24, 2.45) is 5.73 Å². The summed E-state index contributed by atoms with van der Waals surface area (Å²) in [7, 11) is 0. The van der Waals surface area contributed by atoms with Gasteiger partial charge < -0.3 is 5.73 Å². The van der Waals surface area contributed by atoms with Crippen LogP contribution in [0.4, 0.5) is 0 Å². The molecule has 0 radical (unpaired) electrons. The average molecular weight is 354 g/mol. The second-order valence-electron chi connectivity index (χ2n) is 6.20. The summed E-state index contributed by atoms with van der Waals surface area (Å²) in [6.07, 6.45) is 0.996. The van der Waals surface area contributed by atoms with Crippen LogP contribution in [0.25, 0.3) is 0 Å². The molecule has 118 valence electrons. The molecule has 2 rings (SSSR count). The topological polar surface area (TPSA) is 32.5 Å². The van der Waals surface area contributed by atoms with E-state index in [4.69, 9.17) is 5.73 Å². The molecule has 0 saturated carbocycles. The lowest BCUT2D eigenvalue weighted by molar-refractivity contribution is 0.0676. The van der Waals surface area contributed by atoms with Gasteiger partial charge in [-0.15, -0.1) is 0 Å². The Morgan fingerprint density at radius 2 is 1.67 bits per heavy atom. The molecule has 2 unspecified atom stereocenters. The first-order valence-corrected chi connectivity index (χ1v) is 8.82. The minimum atomic E-state index is 0.175. The summed E-state index contributed by atoms with van der Waals surface area (Å²) in [5.41, 5.74) is 7.79. The highest BCUT2D eigenvalue weighted by atomic mass is 79.9. The van der Waals surface area contributed by atoms with Crippen LogP contribution in [0.3, 0.4) is 0 Å². The lowest BCUT2D eigenvalue weighted by Crippen LogP contribution is -2.52. The summed E-state index contributed by atoms with van der Waals surface area (Å²) in [4.78, 5) is 5.11. The third kappa shape index (κ3) is 4.07. The quantitative estimate of drug-likeness (QED) is 0.881. The number of nitrogens with zero attached hydrogens (tertiary/aromatic N) is 2. The van der Waals surface area contributed by atoms with Crippen molar-refractivity contribution in [1.82, 2.24) is 9.80 Å². The molecule has 1 aromatic rings. The van der Waals surface area contributed by atoms with Gasteiger partial charge in [-0.1, -0.05) is 41.1 Å². The van der Waals surface area contributed by atoms with Gasteiger partial charge in [0.1, 0.15) is 0 Å². The zero-order valence-electron chi connectivity index (χ0n) is 13.4. The molecule has 4 heteroatoms. The van der Waals surface area contributed by atoms with E-state index in [1.54, 1.807) is 0 Å². The number of piperazine rings is 1. The van der Waals surface area contributed by atoms with Gasteiger partial charge in [0.05, 0.1) is 6.04 Å². The molecule has 0 amide bonds. The van der Waals surface area contributed by atoms with Crippen molar-refractivity contribution in [1.29, 1.82) is 0 Å². The zero-order valence-corrected chi connectivity index (χ0v) is 15.0. The smallest absolute Gasteiger partial charge is 0.0511 e. The van der Waals surface area contributed by atoms with Gasteiger partial charge in [-0.3, -0.25) is 9.80 Å². The van der Waals surface area contributed by atoms with Crippen molar-refractivity contribution >= 4 is 15.9 Å². The van der Waals surface area contributed by atoms with E-state index in [9.17, 15) is 0 Å². The molecule has 2 atom stereocenters. The molecular formula is C17H28BrN3. The largest absolute Gasteiger partial charge is 0.326 e. The van der Waals surface area contributed by atoms with Crippen LogP contribution in [0.2, 0.25) is 0 Å². The van der Waals surface area contributed by atoms with Crippen molar-refractivity contribution in [3.05, 3.63) is 34.3 Å². The molecule has 0 spiro atoms. The van der Waals surface area contributed by atoms with Crippen LogP contribution in [-0.4, -0.2) is 48.1 Å². The minimum absolute atomic E-state index is 0.175. The monoisotopic (exact) mass is 353 g/mol. The average Bonchev–Trinajstić information content (AvgIpc) is 2.49. The Balaban J connectivity index is 2.17. The van der Waals surface area contributed by atoms with Crippen molar-refractivity contribution in [2.45, 2.75) is 45.3 Å². The van der Waals surface area contributed by atoms with E-state index in [2.05, 4.69) is 70.8 Å². The SMILES string of the molecule is CCC(N)C(c1ccccc1Br)N1CCN(C(C)C)CC1. The Bertz CT molecular complexity index is 441. The first kappa shape index (κ1) is 16.9.